The van der Waals surface area contributed by atoms with Gasteiger partial charge in [0, 0.05) is 5.25 Å². The quantitative estimate of drug-likeness (QED) is 0.841. The van der Waals surface area contributed by atoms with Crippen molar-refractivity contribution in [1.82, 2.24) is 10.3 Å². The van der Waals surface area contributed by atoms with E-state index in [0.29, 0.717) is 10.5 Å². The van der Waals surface area contributed by atoms with Gasteiger partial charge in [0.1, 0.15) is 6.26 Å². The molecular weight excluding hydrogens is 238 g/mol. The van der Waals surface area contributed by atoms with Gasteiger partial charge in [0.25, 0.3) is 5.22 Å². The molecule has 1 saturated carbocycles. The molecule has 0 aliphatic heterocycles. The smallest absolute Gasteiger partial charge is 0.256 e. The van der Waals surface area contributed by atoms with Crippen molar-refractivity contribution >= 4 is 17.7 Å². The van der Waals surface area contributed by atoms with E-state index in [-0.39, 0.29) is 5.91 Å². The number of nitrogens with zero attached hydrogens (tertiary/aromatic N) is 1. The summed E-state index contributed by atoms with van der Waals surface area (Å²) in [6.45, 7) is 1.89. The molecule has 2 unspecified atom stereocenters. The van der Waals surface area contributed by atoms with Crippen molar-refractivity contribution in [2.75, 3.05) is 7.05 Å². The van der Waals surface area contributed by atoms with Gasteiger partial charge in [0.05, 0.1) is 11.2 Å². The Morgan fingerprint density at radius 1 is 1.76 bits per heavy atom. The Morgan fingerprint density at radius 2 is 2.53 bits per heavy atom. The van der Waals surface area contributed by atoms with Crippen LogP contribution >= 0.6 is 11.8 Å². The van der Waals surface area contributed by atoms with Crippen LogP contribution in [-0.4, -0.2) is 28.7 Å². The number of nitrogens with two attached hydrogens (primary N) is 1. The highest BCUT2D eigenvalue weighted by Crippen LogP contribution is 2.39. The first-order valence-electron chi connectivity index (χ1n) is 5.63. The molecule has 1 aromatic rings. The normalized spacial score (nSPS) is 28.5. The van der Waals surface area contributed by atoms with E-state index in [9.17, 15) is 4.79 Å². The van der Waals surface area contributed by atoms with Gasteiger partial charge >= 0.3 is 0 Å². The van der Waals surface area contributed by atoms with Crippen LogP contribution in [0.15, 0.2) is 15.9 Å². The number of hydrogen-bond donors (Lipinski definition) is 2. The zero-order valence-electron chi connectivity index (χ0n) is 10.0. The van der Waals surface area contributed by atoms with Crippen molar-refractivity contribution in [3.05, 3.63) is 12.0 Å². The van der Waals surface area contributed by atoms with E-state index in [0.717, 1.165) is 25.0 Å². The topological polar surface area (TPSA) is 81.1 Å². The molecule has 2 rings (SSSR count). The largest absolute Gasteiger partial charge is 0.440 e. The average molecular weight is 255 g/mol. The van der Waals surface area contributed by atoms with Crippen LogP contribution in [-0.2, 0) is 4.79 Å². The summed E-state index contributed by atoms with van der Waals surface area (Å²) in [5.41, 5.74) is 5.77. The molecule has 1 fully saturated rings. The van der Waals surface area contributed by atoms with Crippen LogP contribution in [0.4, 0.5) is 0 Å². The first kappa shape index (κ1) is 12.4. The Labute approximate surface area is 105 Å². The molecule has 0 saturated heterocycles. The van der Waals surface area contributed by atoms with Crippen LogP contribution in [0.3, 0.4) is 0 Å². The van der Waals surface area contributed by atoms with Crippen LogP contribution < -0.4 is 11.1 Å². The fraction of sp³-hybridized carbons (Fsp3) is 0.636. The summed E-state index contributed by atoms with van der Waals surface area (Å²) >= 11 is 1.58. The lowest BCUT2D eigenvalue weighted by molar-refractivity contribution is -0.124. The van der Waals surface area contributed by atoms with Crippen molar-refractivity contribution in [1.29, 1.82) is 0 Å². The molecule has 0 aromatic carbocycles. The van der Waals surface area contributed by atoms with Gasteiger partial charge in [-0.25, -0.2) is 4.98 Å². The zero-order valence-corrected chi connectivity index (χ0v) is 10.8. The summed E-state index contributed by atoms with van der Waals surface area (Å²) in [6, 6.07) is 0. The Bertz CT molecular complexity index is 421. The van der Waals surface area contributed by atoms with Gasteiger partial charge in [-0.15, -0.1) is 0 Å². The van der Waals surface area contributed by atoms with Gasteiger partial charge in [0.15, 0.2) is 0 Å². The fourth-order valence-electron chi connectivity index (χ4n) is 2.20. The molecule has 94 valence electrons. The van der Waals surface area contributed by atoms with Crippen molar-refractivity contribution < 1.29 is 9.21 Å². The molecule has 1 amide bonds. The molecule has 6 heteroatoms. The third-order valence-corrected chi connectivity index (χ3v) is 4.41. The predicted octanol–water partition coefficient (Wildman–Crippen LogP) is 1.07. The number of nitrogens with one attached hydrogen (secondary N) is 1. The summed E-state index contributed by atoms with van der Waals surface area (Å²) in [7, 11) is 1.78. The van der Waals surface area contributed by atoms with E-state index >= 15 is 0 Å². The number of carbonyl (C=O) groups is 1. The average Bonchev–Trinajstić information content (AvgIpc) is 2.87. The molecule has 17 heavy (non-hydrogen) atoms. The SMILES string of the molecule is CNC1(C(N)=O)CCC(Sc2nc(C)co2)C1. The fourth-order valence-corrected chi connectivity index (χ4v) is 3.39. The lowest BCUT2D eigenvalue weighted by Crippen LogP contribution is -2.52. The van der Waals surface area contributed by atoms with Crippen molar-refractivity contribution in [3.63, 3.8) is 0 Å². The number of carbonyl (C=O) groups excluding carboxylic acids is 1. The number of oxazole rings is 1. The van der Waals surface area contributed by atoms with Gasteiger partial charge in [-0.05, 0) is 33.2 Å². The van der Waals surface area contributed by atoms with Gasteiger partial charge in [-0.2, -0.15) is 0 Å². The van der Waals surface area contributed by atoms with E-state index in [1.54, 1.807) is 25.1 Å². The number of rotatable bonds is 4. The minimum atomic E-state index is -0.556. The highest BCUT2D eigenvalue weighted by Gasteiger charge is 2.43. The number of likely N-dealkylation sites (N-methyl/N-ethyl adjacent to an activating group) is 1. The Hall–Kier alpha value is -1.01. The first-order valence-corrected chi connectivity index (χ1v) is 6.51. The molecule has 0 bridgehead atoms. The summed E-state index contributed by atoms with van der Waals surface area (Å²) in [5, 5.41) is 4.06. The number of amides is 1. The second-order valence-corrected chi connectivity index (χ2v) is 5.69. The first-order chi connectivity index (χ1) is 8.05. The van der Waals surface area contributed by atoms with Crippen LogP contribution in [0.1, 0.15) is 25.0 Å². The standard InChI is InChI=1S/C11H17N3O2S/c1-7-6-16-10(14-7)17-8-3-4-11(5-8,13-2)9(12)15/h6,8,13H,3-5H2,1-2H3,(H2,12,15). The number of hydrogen-bond acceptors (Lipinski definition) is 5. The Balaban J connectivity index is 2.00. The van der Waals surface area contributed by atoms with Crippen LogP contribution in [0.25, 0.3) is 0 Å². The highest BCUT2D eigenvalue weighted by molar-refractivity contribution is 7.99. The molecule has 1 aliphatic carbocycles. The molecule has 0 radical (unpaired) electrons. The van der Waals surface area contributed by atoms with E-state index in [1.807, 2.05) is 6.92 Å². The summed E-state index contributed by atoms with van der Waals surface area (Å²) in [5.74, 6) is -0.272. The van der Waals surface area contributed by atoms with Crippen molar-refractivity contribution in [3.8, 4) is 0 Å². The van der Waals surface area contributed by atoms with Gasteiger partial charge in [-0.1, -0.05) is 11.8 Å². The molecular formula is C11H17N3O2S. The second-order valence-electron chi connectivity index (χ2n) is 4.43. The van der Waals surface area contributed by atoms with Crippen LogP contribution in [0.5, 0.6) is 0 Å². The van der Waals surface area contributed by atoms with Crippen LogP contribution in [0.2, 0.25) is 0 Å². The van der Waals surface area contributed by atoms with Crippen molar-refractivity contribution in [2.45, 2.75) is 42.2 Å². The number of aryl methyl sites for hydroxylation is 1. The monoisotopic (exact) mass is 255 g/mol. The van der Waals surface area contributed by atoms with Crippen molar-refractivity contribution in [2.24, 2.45) is 5.73 Å². The lowest BCUT2D eigenvalue weighted by atomic mass is 9.97. The highest BCUT2D eigenvalue weighted by atomic mass is 32.2. The molecule has 5 nitrogen and oxygen atoms in total. The van der Waals surface area contributed by atoms with Gasteiger partial charge in [0.2, 0.25) is 5.91 Å². The van der Waals surface area contributed by atoms with E-state index in [4.69, 9.17) is 10.2 Å². The third kappa shape index (κ3) is 2.47. The number of primary amides is 1. The van der Waals surface area contributed by atoms with Crippen LogP contribution in [0, 0.1) is 6.92 Å². The molecule has 1 aliphatic rings. The lowest BCUT2D eigenvalue weighted by Gasteiger charge is -2.24. The van der Waals surface area contributed by atoms with E-state index < -0.39 is 5.54 Å². The molecule has 1 heterocycles. The number of thioether (sulfide) groups is 1. The van der Waals surface area contributed by atoms with Gasteiger partial charge in [-0.3, -0.25) is 4.79 Å². The number of aromatic nitrogens is 1. The predicted molar refractivity (Wildman–Crippen MR) is 65.7 cm³/mol. The summed E-state index contributed by atoms with van der Waals surface area (Å²) in [4.78, 5) is 15.7. The molecule has 0 spiro atoms. The zero-order chi connectivity index (χ0) is 12.5. The third-order valence-electron chi connectivity index (χ3n) is 3.28. The minimum Gasteiger partial charge on any atom is -0.440 e. The molecule has 3 N–H and O–H groups in total. The summed E-state index contributed by atoms with van der Waals surface area (Å²) in [6.07, 6.45) is 4.08. The van der Waals surface area contributed by atoms with E-state index in [2.05, 4.69) is 10.3 Å². The van der Waals surface area contributed by atoms with E-state index in [1.165, 1.54) is 0 Å². The summed E-state index contributed by atoms with van der Waals surface area (Å²) < 4.78 is 5.30. The Morgan fingerprint density at radius 3 is 3.00 bits per heavy atom. The maximum absolute atomic E-state index is 11.5. The molecule has 2 atom stereocenters. The minimum absolute atomic E-state index is 0.272. The maximum atomic E-state index is 11.5. The second kappa shape index (κ2) is 4.70. The maximum Gasteiger partial charge on any atom is 0.256 e. The Kier molecular flexibility index (Phi) is 3.44. The molecule has 1 aromatic heterocycles. The van der Waals surface area contributed by atoms with Gasteiger partial charge < -0.3 is 15.5 Å².